The van der Waals surface area contributed by atoms with Crippen molar-refractivity contribution in [2.45, 2.75) is 13.3 Å². The first kappa shape index (κ1) is 13.0. The molecule has 0 heterocycles. The van der Waals surface area contributed by atoms with Gasteiger partial charge in [-0.1, -0.05) is 30.3 Å². The predicted octanol–water partition coefficient (Wildman–Crippen LogP) is 3.80. The molecule has 0 aliphatic carbocycles. The molecular weight excluding hydrogens is 238 g/mol. The Morgan fingerprint density at radius 1 is 1.21 bits per heavy atom. The van der Waals surface area contributed by atoms with E-state index in [1.165, 1.54) is 0 Å². The number of carbonyl (C=O) groups excluding carboxylic acids is 1. The molecule has 0 aliphatic heterocycles. The van der Waals surface area contributed by atoms with Gasteiger partial charge in [0, 0.05) is 12.1 Å². The summed E-state index contributed by atoms with van der Waals surface area (Å²) in [5, 5.41) is 4.92. The van der Waals surface area contributed by atoms with Gasteiger partial charge in [-0.25, -0.2) is 4.79 Å². The van der Waals surface area contributed by atoms with Crippen LogP contribution in [0.25, 0.3) is 10.8 Å². The summed E-state index contributed by atoms with van der Waals surface area (Å²) >= 11 is 0. The molecular formula is C16H15NO2. The molecule has 3 heteroatoms. The van der Waals surface area contributed by atoms with E-state index in [-0.39, 0.29) is 0 Å². The van der Waals surface area contributed by atoms with Gasteiger partial charge in [-0.2, -0.15) is 0 Å². The van der Waals surface area contributed by atoms with Crippen LogP contribution in [0.5, 0.6) is 0 Å². The fourth-order valence-corrected chi connectivity index (χ4v) is 1.74. The summed E-state index contributed by atoms with van der Waals surface area (Å²) in [5.74, 6) is 5.59. The van der Waals surface area contributed by atoms with Crippen LogP contribution in [0.3, 0.4) is 0 Å². The first-order valence-electron chi connectivity index (χ1n) is 6.12. The van der Waals surface area contributed by atoms with Gasteiger partial charge in [0.25, 0.3) is 0 Å². The van der Waals surface area contributed by atoms with E-state index in [0.29, 0.717) is 13.0 Å². The normalized spacial score (nSPS) is 9.53. The number of ether oxygens (including phenoxy) is 1. The SMILES string of the molecule is CC#CCCOC(=O)Nc1ccc2ccccc2c1. The highest BCUT2D eigenvalue weighted by Crippen LogP contribution is 2.18. The molecule has 0 fully saturated rings. The average Bonchev–Trinajstić information content (AvgIpc) is 2.43. The Labute approximate surface area is 112 Å². The van der Waals surface area contributed by atoms with Crippen LogP contribution in [-0.4, -0.2) is 12.7 Å². The fourth-order valence-electron chi connectivity index (χ4n) is 1.74. The lowest BCUT2D eigenvalue weighted by Gasteiger charge is -2.06. The Morgan fingerprint density at radius 2 is 2.00 bits per heavy atom. The molecule has 2 rings (SSSR count). The van der Waals surface area contributed by atoms with Gasteiger partial charge in [0.05, 0.1) is 0 Å². The van der Waals surface area contributed by atoms with Gasteiger partial charge in [0.2, 0.25) is 0 Å². The van der Waals surface area contributed by atoms with Gasteiger partial charge in [0.15, 0.2) is 0 Å². The molecule has 0 aliphatic rings. The largest absolute Gasteiger partial charge is 0.448 e. The van der Waals surface area contributed by atoms with Crippen LogP contribution in [0, 0.1) is 11.8 Å². The molecule has 1 amide bonds. The number of fused-ring (bicyclic) bond motifs is 1. The Balaban J connectivity index is 1.96. The van der Waals surface area contributed by atoms with Crippen molar-refractivity contribution < 1.29 is 9.53 Å². The van der Waals surface area contributed by atoms with Gasteiger partial charge in [-0.15, -0.1) is 11.8 Å². The number of nitrogens with one attached hydrogen (secondary N) is 1. The maximum absolute atomic E-state index is 11.5. The highest BCUT2D eigenvalue weighted by Gasteiger charge is 2.03. The number of carbonyl (C=O) groups is 1. The first-order chi connectivity index (χ1) is 9.29. The molecule has 0 saturated carbocycles. The summed E-state index contributed by atoms with van der Waals surface area (Å²) in [6, 6.07) is 13.7. The number of benzene rings is 2. The molecule has 0 spiro atoms. The summed E-state index contributed by atoms with van der Waals surface area (Å²) in [5.41, 5.74) is 0.727. The summed E-state index contributed by atoms with van der Waals surface area (Å²) in [6.07, 6.45) is 0.106. The maximum atomic E-state index is 11.5. The van der Waals surface area contributed by atoms with E-state index < -0.39 is 6.09 Å². The topological polar surface area (TPSA) is 38.3 Å². The van der Waals surface area contributed by atoms with E-state index in [2.05, 4.69) is 17.2 Å². The van der Waals surface area contributed by atoms with Crippen molar-refractivity contribution in [3.8, 4) is 11.8 Å². The van der Waals surface area contributed by atoms with Crippen LogP contribution >= 0.6 is 0 Å². The van der Waals surface area contributed by atoms with Crippen LogP contribution < -0.4 is 5.32 Å². The lowest BCUT2D eigenvalue weighted by Crippen LogP contribution is -2.14. The fraction of sp³-hybridized carbons (Fsp3) is 0.188. The van der Waals surface area contributed by atoms with Crippen molar-refractivity contribution >= 4 is 22.6 Å². The Kier molecular flexibility index (Phi) is 4.41. The molecule has 0 radical (unpaired) electrons. The monoisotopic (exact) mass is 253 g/mol. The number of amides is 1. The summed E-state index contributed by atoms with van der Waals surface area (Å²) in [7, 11) is 0. The highest BCUT2D eigenvalue weighted by atomic mass is 16.5. The highest BCUT2D eigenvalue weighted by molar-refractivity contribution is 5.91. The number of hydrogen-bond donors (Lipinski definition) is 1. The van der Waals surface area contributed by atoms with E-state index in [4.69, 9.17) is 4.74 Å². The molecule has 0 bridgehead atoms. The molecule has 0 unspecified atom stereocenters. The Morgan fingerprint density at radius 3 is 2.79 bits per heavy atom. The van der Waals surface area contributed by atoms with Gasteiger partial charge < -0.3 is 4.74 Å². The van der Waals surface area contributed by atoms with Crippen LogP contribution in [-0.2, 0) is 4.74 Å². The number of anilines is 1. The lowest BCUT2D eigenvalue weighted by atomic mass is 10.1. The van der Waals surface area contributed by atoms with E-state index in [1.807, 2.05) is 42.5 Å². The zero-order valence-corrected chi connectivity index (χ0v) is 10.8. The quantitative estimate of drug-likeness (QED) is 0.667. The van der Waals surface area contributed by atoms with Gasteiger partial charge in [-0.3, -0.25) is 5.32 Å². The molecule has 2 aromatic carbocycles. The van der Waals surface area contributed by atoms with Gasteiger partial charge >= 0.3 is 6.09 Å². The van der Waals surface area contributed by atoms with Crippen LogP contribution in [0.4, 0.5) is 10.5 Å². The van der Waals surface area contributed by atoms with Gasteiger partial charge in [-0.05, 0) is 29.8 Å². The zero-order chi connectivity index (χ0) is 13.5. The Bertz CT molecular complexity index is 638. The minimum Gasteiger partial charge on any atom is -0.448 e. The third kappa shape index (κ3) is 3.75. The van der Waals surface area contributed by atoms with Gasteiger partial charge in [0.1, 0.15) is 6.61 Å². The molecule has 1 N–H and O–H groups in total. The van der Waals surface area contributed by atoms with Crippen molar-refractivity contribution in [1.29, 1.82) is 0 Å². The van der Waals surface area contributed by atoms with Crippen LogP contribution in [0.1, 0.15) is 13.3 Å². The predicted molar refractivity (Wildman–Crippen MR) is 77.0 cm³/mol. The molecule has 0 saturated heterocycles. The number of rotatable bonds is 3. The first-order valence-corrected chi connectivity index (χ1v) is 6.12. The smallest absolute Gasteiger partial charge is 0.411 e. The third-order valence-electron chi connectivity index (χ3n) is 2.63. The molecule has 96 valence electrons. The standard InChI is InChI=1S/C16H15NO2/c1-2-3-6-11-19-16(18)17-15-10-9-13-7-4-5-8-14(13)12-15/h4-5,7-10,12H,6,11H2,1H3,(H,17,18). The van der Waals surface area contributed by atoms with E-state index in [9.17, 15) is 4.79 Å². The van der Waals surface area contributed by atoms with Crippen LogP contribution in [0.15, 0.2) is 42.5 Å². The molecule has 0 aromatic heterocycles. The minimum absolute atomic E-state index is 0.306. The number of hydrogen-bond acceptors (Lipinski definition) is 2. The third-order valence-corrected chi connectivity index (χ3v) is 2.63. The van der Waals surface area contributed by atoms with Crippen molar-refractivity contribution in [3.63, 3.8) is 0 Å². The second-order valence-corrected chi connectivity index (χ2v) is 4.00. The molecule has 3 nitrogen and oxygen atoms in total. The second kappa shape index (κ2) is 6.46. The molecule has 2 aromatic rings. The Hall–Kier alpha value is -2.47. The summed E-state index contributed by atoms with van der Waals surface area (Å²) in [6.45, 7) is 2.06. The van der Waals surface area contributed by atoms with Crippen molar-refractivity contribution in [2.75, 3.05) is 11.9 Å². The second-order valence-electron chi connectivity index (χ2n) is 4.00. The van der Waals surface area contributed by atoms with E-state index >= 15 is 0 Å². The van der Waals surface area contributed by atoms with Crippen molar-refractivity contribution in [1.82, 2.24) is 0 Å². The van der Waals surface area contributed by atoms with Crippen LogP contribution in [0.2, 0.25) is 0 Å². The summed E-state index contributed by atoms with van der Waals surface area (Å²) in [4.78, 5) is 11.5. The van der Waals surface area contributed by atoms with Crippen molar-refractivity contribution in [3.05, 3.63) is 42.5 Å². The molecule has 19 heavy (non-hydrogen) atoms. The minimum atomic E-state index is -0.451. The average molecular weight is 253 g/mol. The van der Waals surface area contributed by atoms with Crippen molar-refractivity contribution in [2.24, 2.45) is 0 Å². The van der Waals surface area contributed by atoms with E-state index in [0.717, 1.165) is 16.5 Å². The lowest BCUT2D eigenvalue weighted by molar-refractivity contribution is 0.164. The van der Waals surface area contributed by atoms with E-state index in [1.54, 1.807) is 6.92 Å². The maximum Gasteiger partial charge on any atom is 0.411 e. The molecule has 0 atom stereocenters. The summed E-state index contributed by atoms with van der Waals surface area (Å²) < 4.78 is 5.01. The zero-order valence-electron chi connectivity index (χ0n) is 10.8.